The van der Waals surface area contributed by atoms with Gasteiger partial charge in [0.05, 0.1) is 12.7 Å². The van der Waals surface area contributed by atoms with Gasteiger partial charge in [-0.1, -0.05) is 17.7 Å². The van der Waals surface area contributed by atoms with Gasteiger partial charge in [-0.3, -0.25) is 0 Å². The molecule has 0 saturated heterocycles. The van der Waals surface area contributed by atoms with Crippen molar-refractivity contribution in [1.82, 2.24) is 0 Å². The quantitative estimate of drug-likeness (QED) is 0.624. The second-order valence-corrected chi connectivity index (χ2v) is 4.70. The lowest BCUT2D eigenvalue weighted by Crippen LogP contribution is -2.07. The molecule has 0 spiro atoms. The minimum absolute atomic E-state index is 0.321. The molecule has 1 aliphatic rings. The molecule has 0 fully saturated rings. The van der Waals surface area contributed by atoms with Crippen LogP contribution in [0.2, 0.25) is 0 Å². The molecule has 0 atom stereocenters. The van der Waals surface area contributed by atoms with Crippen LogP contribution in [0.1, 0.15) is 27.0 Å². The van der Waals surface area contributed by atoms with Gasteiger partial charge in [0.25, 0.3) is 0 Å². The summed E-state index contributed by atoms with van der Waals surface area (Å²) in [6, 6.07) is 11.5. The summed E-state index contributed by atoms with van der Waals surface area (Å²) in [4.78, 5) is 11.5. The fourth-order valence-electron chi connectivity index (χ4n) is 2.33. The molecule has 3 heteroatoms. The van der Waals surface area contributed by atoms with Gasteiger partial charge in [-0.2, -0.15) is 0 Å². The number of esters is 1. The van der Waals surface area contributed by atoms with E-state index in [1.54, 1.807) is 6.07 Å². The molecular formula is C16H14O3. The predicted molar refractivity (Wildman–Crippen MR) is 71.8 cm³/mol. The van der Waals surface area contributed by atoms with E-state index >= 15 is 0 Å². The molecule has 0 saturated carbocycles. The van der Waals surface area contributed by atoms with E-state index in [9.17, 15) is 4.79 Å². The van der Waals surface area contributed by atoms with E-state index in [1.165, 1.54) is 12.7 Å². The van der Waals surface area contributed by atoms with Crippen LogP contribution in [0.15, 0.2) is 36.4 Å². The summed E-state index contributed by atoms with van der Waals surface area (Å²) in [6.45, 7) is 2.06. The highest BCUT2D eigenvalue weighted by Crippen LogP contribution is 2.37. The molecule has 0 aliphatic carbocycles. The van der Waals surface area contributed by atoms with Gasteiger partial charge in [0.15, 0.2) is 0 Å². The summed E-state index contributed by atoms with van der Waals surface area (Å²) in [6.07, 6.45) is 0.775. The summed E-state index contributed by atoms with van der Waals surface area (Å²) >= 11 is 0. The van der Waals surface area contributed by atoms with Crippen LogP contribution >= 0.6 is 0 Å². The summed E-state index contributed by atoms with van der Waals surface area (Å²) < 4.78 is 10.6. The zero-order valence-electron chi connectivity index (χ0n) is 10.9. The SMILES string of the molecule is COC(=O)c1ccc2c(c1)Cc1cc(C)ccc1O2. The highest BCUT2D eigenvalue weighted by Gasteiger charge is 2.18. The van der Waals surface area contributed by atoms with Gasteiger partial charge < -0.3 is 9.47 Å². The Labute approximate surface area is 111 Å². The molecular weight excluding hydrogens is 240 g/mol. The average Bonchev–Trinajstić information content (AvgIpc) is 2.43. The second-order valence-electron chi connectivity index (χ2n) is 4.70. The van der Waals surface area contributed by atoms with Crippen LogP contribution in [0.25, 0.3) is 0 Å². The van der Waals surface area contributed by atoms with Crippen molar-refractivity contribution in [3.05, 3.63) is 58.7 Å². The maximum atomic E-state index is 11.5. The molecule has 96 valence electrons. The Morgan fingerprint density at radius 3 is 2.53 bits per heavy atom. The molecule has 0 bridgehead atoms. The van der Waals surface area contributed by atoms with Crippen LogP contribution in [-0.2, 0) is 11.2 Å². The van der Waals surface area contributed by atoms with Crippen LogP contribution in [0.4, 0.5) is 0 Å². The number of hydrogen-bond acceptors (Lipinski definition) is 3. The minimum atomic E-state index is -0.321. The molecule has 1 aliphatic heterocycles. The van der Waals surface area contributed by atoms with Crippen LogP contribution in [0.5, 0.6) is 11.5 Å². The van der Waals surface area contributed by atoms with Crippen molar-refractivity contribution in [3.63, 3.8) is 0 Å². The lowest BCUT2D eigenvalue weighted by molar-refractivity contribution is 0.0600. The lowest BCUT2D eigenvalue weighted by Gasteiger charge is -2.21. The minimum Gasteiger partial charge on any atom is -0.465 e. The lowest BCUT2D eigenvalue weighted by atomic mass is 9.97. The number of aryl methyl sites for hydroxylation is 1. The van der Waals surface area contributed by atoms with E-state index < -0.39 is 0 Å². The monoisotopic (exact) mass is 254 g/mol. The highest BCUT2D eigenvalue weighted by atomic mass is 16.5. The molecule has 3 nitrogen and oxygen atoms in total. The number of benzene rings is 2. The summed E-state index contributed by atoms with van der Waals surface area (Å²) in [7, 11) is 1.39. The topological polar surface area (TPSA) is 35.5 Å². The number of carbonyl (C=O) groups excluding carboxylic acids is 1. The maximum Gasteiger partial charge on any atom is 0.337 e. The molecule has 1 heterocycles. The van der Waals surface area contributed by atoms with Crippen molar-refractivity contribution in [1.29, 1.82) is 0 Å². The largest absolute Gasteiger partial charge is 0.465 e. The molecule has 0 unspecified atom stereocenters. The van der Waals surface area contributed by atoms with Gasteiger partial charge in [0, 0.05) is 12.0 Å². The Kier molecular flexibility index (Phi) is 2.75. The van der Waals surface area contributed by atoms with Crippen molar-refractivity contribution >= 4 is 5.97 Å². The highest BCUT2D eigenvalue weighted by molar-refractivity contribution is 5.89. The van der Waals surface area contributed by atoms with Gasteiger partial charge in [0.1, 0.15) is 11.5 Å². The van der Waals surface area contributed by atoms with E-state index in [0.29, 0.717) is 5.56 Å². The van der Waals surface area contributed by atoms with E-state index in [-0.39, 0.29) is 5.97 Å². The number of ether oxygens (including phenoxy) is 2. The first-order chi connectivity index (χ1) is 9.17. The third-order valence-electron chi connectivity index (χ3n) is 3.30. The van der Waals surface area contributed by atoms with Gasteiger partial charge in [-0.25, -0.2) is 4.79 Å². The van der Waals surface area contributed by atoms with E-state index in [4.69, 9.17) is 9.47 Å². The first-order valence-corrected chi connectivity index (χ1v) is 6.16. The van der Waals surface area contributed by atoms with Gasteiger partial charge in [-0.15, -0.1) is 0 Å². The molecule has 0 N–H and O–H groups in total. The van der Waals surface area contributed by atoms with Crippen LogP contribution in [0, 0.1) is 6.92 Å². The standard InChI is InChI=1S/C16H14O3/c1-10-3-5-14-12(7-10)9-13-8-11(16(17)18-2)4-6-15(13)19-14/h3-8H,9H2,1-2H3. The fourth-order valence-corrected chi connectivity index (χ4v) is 2.33. The molecule has 2 aromatic rings. The molecule has 2 aromatic carbocycles. The Hall–Kier alpha value is -2.29. The van der Waals surface area contributed by atoms with E-state index in [1.807, 2.05) is 24.3 Å². The summed E-state index contributed by atoms with van der Waals surface area (Å²) in [5, 5.41) is 0. The van der Waals surface area contributed by atoms with Crippen molar-refractivity contribution in [2.24, 2.45) is 0 Å². The summed E-state index contributed by atoms with van der Waals surface area (Å²) in [5.41, 5.74) is 3.92. The first-order valence-electron chi connectivity index (χ1n) is 6.16. The zero-order valence-corrected chi connectivity index (χ0v) is 10.9. The maximum absolute atomic E-state index is 11.5. The average molecular weight is 254 g/mol. The van der Waals surface area contributed by atoms with Crippen molar-refractivity contribution < 1.29 is 14.3 Å². The molecule has 0 radical (unpaired) electrons. The van der Waals surface area contributed by atoms with Crippen molar-refractivity contribution in [2.75, 3.05) is 7.11 Å². The number of rotatable bonds is 1. The van der Waals surface area contributed by atoms with Crippen LogP contribution < -0.4 is 4.74 Å². The number of carbonyl (C=O) groups is 1. The van der Waals surface area contributed by atoms with Crippen LogP contribution in [-0.4, -0.2) is 13.1 Å². The number of hydrogen-bond donors (Lipinski definition) is 0. The molecule has 3 rings (SSSR count). The Balaban J connectivity index is 2.01. The van der Waals surface area contributed by atoms with E-state index in [0.717, 1.165) is 29.0 Å². The van der Waals surface area contributed by atoms with Crippen molar-refractivity contribution in [2.45, 2.75) is 13.3 Å². The Morgan fingerprint density at radius 2 is 1.79 bits per heavy atom. The Morgan fingerprint density at radius 1 is 1.11 bits per heavy atom. The first kappa shape index (κ1) is 11.8. The third kappa shape index (κ3) is 2.08. The van der Waals surface area contributed by atoms with E-state index in [2.05, 4.69) is 13.0 Å². The van der Waals surface area contributed by atoms with Crippen molar-refractivity contribution in [3.8, 4) is 11.5 Å². The fraction of sp³-hybridized carbons (Fsp3) is 0.188. The normalized spacial score (nSPS) is 12.1. The van der Waals surface area contributed by atoms with Gasteiger partial charge in [-0.05, 0) is 36.8 Å². The molecule has 0 aromatic heterocycles. The zero-order chi connectivity index (χ0) is 13.4. The third-order valence-corrected chi connectivity index (χ3v) is 3.30. The van der Waals surface area contributed by atoms with Crippen LogP contribution in [0.3, 0.4) is 0 Å². The summed E-state index contributed by atoms with van der Waals surface area (Å²) in [5.74, 6) is 1.38. The van der Waals surface area contributed by atoms with Gasteiger partial charge in [0.2, 0.25) is 0 Å². The van der Waals surface area contributed by atoms with Gasteiger partial charge >= 0.3 is 5.97 Å². The number of fused-ring (bicyclic) bond motifs is 2. The molecule has 0 amide bonds. The second kappa shape index (κ2) is 4.43. The Bertz CT molecular complexity index is 659. The smallest absolute Gasteiger partial charge is 0.337 e. The number of methoxy groups -OCH3 is 1. The predicted octanol–water partition coefficient (Wildman–Crippen LogP) is 3.48. The molecule has 19 heavy (non-hydrogen) atoms.